The monoisotopic (exact) mass is 462 g/mol. The molecular formula is C26H23ClN2O4. The number of pyridine rings is 1. The van der Waals surface area contributed by atoms with Crippen LogP contribution in [0.3, 0.4) is 0 Å². The van der Waals surface area contributed by atoms with E-state index in [1.165, 1.54) is 0 Å². The molecule has 33 heavy (non-hydrogen) atoms. The molecule has 0 aliphatic rings. The van der Waals surface area contributed by atoms with E-state index in [0.29, 0.717) is 29.3 Å². The van der Waals surface area contributed by atoms with Gasteiger partial charge in [0.2, 0.25) is 0 Å². The number of benzene rings is 2. The number of carbonyl (C=O) groups excluding carboxylic acids is 2. The predicted octanol–water partition coefficient (Wildman–Crippen LogP) is 4.82. The highest BCUT2D eigenvalue weighted by atomic mass is 35.5. The Kier molecular flexibility index (Phi) is 6.66. The van der Waals surface area contributed by atoms with Gasteiger partial charge >= 0.3 is 0 Å². The van der Waals surface area contributed by atoms with Crippen molar-refractivity contribution in [1.29, 1.82) is 0 Å². The largest absolute Gasteiger partial charge is 0.497 e. The third-order valence-corrected chi connectivity index (χ3v) is 5.72. The van der Waals surface area contributed by atoms with E-state index >= 15 is 0 Å². The van der Waals surface area contributed by atoms with Crippen molar-refractivity contribution in [3.8, 4) is 22.6 Å². The minimum atomic E-state index is -0.659. The van der Waals surface area contributed by atoms with E-state index in [4.69, 9.17) is 21.1 Å². The molecule has 2 heterocycles. The number of fused-ring (bicyclic) bond motifs is 1. The molecule has 0 radical (unpaired) electrons. The fourth-order valence-corrected chi connectivity index (χ4v) is 3.97. The number of nitrogens with zero attached hydrogens (tertiary/aromatic N) is 1. The highest BCUT2D eigenvalue weighted by Gasteiger charge is 2.24. The summed E-state index contributed by atoms with van der Waals surface area (Å²) in [6, 6.07) is 20.3. The van der Waals surface area contributed by atoms with Gasteiger partial charge in [0.1, 0.15) is 17.2 Å². The molecule has 0 saturated carbocycles. The van der Waals surface area contributed by atoms with Gasteiger partial charge in [-0.3, -0.25) is 9.59 Å². The Balaban J connectivity index is 1.58. The second-order valence-corrected chi connectivity index (χ2v) is 7.84. The number of rotatable bonds is 8. The molecule has 0 spiro atoms. The Morgan fingerprint density at radius 3 is 2.45 bits per heavy atom. The SMILES string of the molecule is COc1ccc(CCNC(=O)C(=O)c2c(-c3ccc(OC)c(Cl)c3)cc3ccccn23)cc1. The molecule has 2 aromatic heterocycles. The number of methoxy groups -OCH3 is 2. The summed E-state index contributed by atoms with van der Waals surface area (Å²) < 4.78 is 12.1. The van der Waals surface area contributed by atoms with Crippen LogP contribution in [-0.4, -0.2) is 36.9 Å². The summed E-state index contributed by atoms with van der Waals surface area (Å²) in [6.07, 6.45) is 2.36. The molecule has 0 saturated heterocycles. The number of aromatic nitrogens is 1. The van der Waals surface area contributed by atoms with E-state index in [9.17, 15) is 9.59 Å². The molecule has 0 unspecified atom stereocenters. The summed E-state index contributed by atoms with van der Waals surface area (Å²) in [6.45, 7) is 0.337. The lowest BCUT2D eigenvalue weighted by Gasteiger charge is -2.09. The van der Waals surface area contributed by atoms with Crippen molar-refractivity contribution in [2.24, 2.45) is 0 Å². The van der Waals surface area contributed by atoms with Gasteiger partial charge in [0, 0.05) is 23.8 Å². The van der Waals surface area contributed by atoms with E-state index in [2.05, 4.69) is 5.32 Å². The van der Waals surface area contributed by atoms with Gasteiger partial charge in [-0.05, 0) is 60.0 Å². The van der Waals surface area contributed by atoms with Crippen LogP contribution in [0.15, 0.2) is 72.9 Å². The average Bonchev–Trinajstić information content (AvgIpc) is 3.23. The van der Waals surface area contributed by atoms with Crippen LogP contribution >= 0.6 is 11.6 Å². The lowest BCUT2D eigenvalue weighted by Crippen LogP contribution is -2.33. The minimum Gasteiger partial charge on any atom is -0.497 e. The van der Waals surface area contributed by atoms with E-state index in [1.807, 2.05) is 54.6 Å². The van der Waals surface area contributed by atoms with Gasteiger partial charge < -0.3 is 19.2 Å². The molecule has 168 valence electrons. The second kappa shape index (κ2) is 9.79. The van der Waals surface area contributed by atoms with Crippen LogP contribution in [0, 0.1) is 0 Å². The van der Waals surface area contributed by atoms with Crippen molar-refractivity contribution in [2.75, 3.05) is 20.8 Å². The topological polar surface area (TPSA) is 69.0 Å². The maximum atomic E-state index is 13.2. The number of ketones is 1. The van der Waals surface area contributed by atoms with E-state index < -0.39 is 11.7 Å². The smallest absolute Gasteiger partial charge is 0.294 e. The number of hydrogen-bond acceptors (Lipinski definition) is 4. The van der Waals surface area contributed by atoms with Crippen LogP contribution in [0.5, 0.6) is 11.5 Å². The molecule has 7 heteroatoms. The number of halogens is 1. The Morgan fingerprint density at radius 2 is 1.76 bits per heavy atom. The lowest BCUT2D eigenvalue weighted by atomic mass is 10.0. The van der Waals surface area contributed by atoms with Crippen LogP contribution in [0.25, 0.3) is 16.6 Å². The number of ether oxygens (including phenoxy) is 2. The van der Waals surface area contributed by atoms with Crippen LogP contribution in [0.1, 0.15) is 16.1 Å². The first-order valence-corrected chi connectivity index (χ1v) is 10.8. The molecule has 4 rings (SSSR count). The highest BCUT2D eigenvalue weighted by molar-refractivity contribution is 6.43. The third kappa shape index (κ3) is 4.71. The molecule has 1 N–H and O–H groups in total. The van der Waals surface area contributed by atoms with Gasteiger partial charge in [-0.15, -0.1) is 0 Å². The Hall–Kier alpha value is -3.77. The van der Waals surface area contributed by atoms with Crippen molar-refractivity contribution >= 4 is 28.8 Å². The predicted molar refractivity (Wildman–Crippen MR) is 128 cm³/mol. The Labute approximate surface area is 196 Å². The normalized spacial score (nSPS) is 10.8. The molecule has 0 bridgehead atoms. The number of carbonyl (C=O) groups is 2. The zero-order valence-electron chi connectivity index (χ0n) is 18.3. The summed E-state index contributed by atoms with van der Waals surface area (Å²) in [5.41, 5.74) is 3.47. The van der Waals surface area contributed by atoms with Crippen molar-refractivity contribution < 1.29 is 19.1 Å². The van der Waals surface area contributed by atoms with E-state index in [-0.39, 0.29) is 5.69 Å². The van der Waals surface area contributed by atoms with Crippen LogP contribution in [0.4, 0.5) is 0 Å². The molecular weight excluding hydrogens is 440 g/mol. The first kappa shape index (κ1) is 22.4. The fraction of sp³-hybridized carbons (Fsp3) is 0.154. The number of amides is 1. The Bertz CT molecular complexity index is 1310. The minimum absolute atomic E-state index is 0.286. The van der Waals surface area contributed by atoms with Gasteiger partial charge in [0.15, 0.2) is 0 Å². The number of hydrogen-bond donors (Lipinski definition) is 1. The molecule has 1 amide bonds. The van der Waals surface area contributed by atoms with Crippen molar-refractivity contribution in [2.45, 2.75) is 6.42 Å². The summed E-state index contributed by atoms with van der Waals surface area (Å²) in [7, 11) is 3.15. The third-order valence-electron chi connectivity index (χ3n) is 5.42. The second-order valence-electron chi connectivity index (χ2n) is 7.43. The van der Waals surface area contributed by atoms with Crippen LogP contribution < -0.4 is 14.8 Å². The molecule has 0 aliphatic carbocycles. The zero-order chi connectivity index (χ0) is 23.4. The Morgan fingerprint density at radius 1 is 0.970 bits per heavy atom. The average molecular weight is 463 g/mol. The maximum Gasteiger partial charge on any atom is 0.294 e. The van der Waals surface area contributed by atoms with Gasteiger partial charge in [0.25, 0.3) is 11.7 Å². The van der Waals surface area contributed by atoms with E-state index in [0.717, 1.165) is 22.4 Å². The van der Waals surface area contributed by atoms with Gasteiger partial charge in [0.05, 0.1) is 19.2 Å². The molecule has 2 aromatic carbocycles. The molecule has 6 nitrogen and oxygen atoms in total. The lowest BCUT2D eigenvalue weighted by molar-refractivity contribution is -0.117. The van der Waals surface area contributed by atoms with Crippen molar-refractivity contribution in [3.05, 3.63) is 89.2 Å². The first-order chi connectivity index (χ1) is 16.0. The summed E-state index contributed by atoms with van der Waals surface area (Å²) >= 11 is 6.31. The highest BCUT2D eigenvalue weighted by Crippen LogP contribution is 2.34. The molecule has 0 fully saturated rings. The van der Waals surface area contributed by atoms with Gasteiger partial charge in [-0.2, -0.15) is 0 Å². The molecule has 0 aliphatic heterocycles. The van der Waals surface area contributed by atoms with Crippen molar-refractivity contribution in [3.63, 3.8) is 0 Å². The van der Waals surface area contributed by atoms with Crippen LogP contribution in [0.2, 0.25) is 5.02 Å². The number of Topliss-reactive ketones (excluding diaryl/α,β-unsaturated/α-hetero) is 1. The number of nitrogens with one attached hydrogen (secondary N) is 1. The van der Waals surface area contributed by atoms with E-state index in [1.54, 1.807) is 36.9 Å². The van der Waals surface area contributed by atoms with Gasteiger partial charge in [-0.25, -0.2) is 0 Å². The summed E-state index contributed by atoms with van der Waals surface area (Å²) in [5.74, 6) is 0.0312. The summed E-state index contributed by atoms with van der Waals surface area (Å²) in [5, 5.41) is 3.17. The maximum absolute atomic E-state index is 13.2. The quantitative estimate of drug-likeness (QED) is 0.301. The van der Waals surface area contributed by atoms with Crippen LogP contribution in [-0.2, 0) is 11.2 Å². The standard InChI is InChI=1S/C26H23ClN2O4/c1-32-20-9-6-17(7-10-20)12-13-28-26(31)25(30)24-21(16-19-5-3-4-14-29(19)24)18-8-11-23(33-2)22(27)15-18/h3-11,14-16H,12-13H2,1-2H3,(H,28,31). The van der Waals surface area contributed by atoms with Crippen molar-refractivity contribution in [1.82, 2.24) is 9.72 Å². The molecule has 4 aromatic rings. The first-order valence-electron chi connectivity index (χ1n) is 10.4. The molecule has 0 atom stereocenters. The zero-order valence-corrected chi connectivity index (χ0v) is 19.1. The van der Waals surface area contributed by atoms with Gasteiger partial charge in [-0.1, -0.05) is 35.9 Å². The summed E-state index contributed by atoms with van der Waals surface area (Å²) in [4.78, 5) is 26.0. The fourth-order valence-electron chi connectivity index (χ4n) is 3.71.